The van der Waals surface area contributed by atoms with Crippen LogP contribution in [0.1, 0.15) is 36.3 Å². The zero-order valence-electron chi connectivity index (χ0n) is 17.8. The van der Waals surface area contributed by atoms with E-state index in [9.17, 15) is 13.2 Å². The number of halogens is 3. The van der Waals surface area contributed by atoms with E-state index in [2.05, 4.69) is 25.7 Å². The maximum atomic E-state index is 12.8. The highest BCUT2D eigenvalue weighted by molar-refractivity contribution is 7.99. The molecule has 2 unspecified atom stereocenters. The fourth-order valence-electron chi connectivity index (χ4n) is 4.86. The molecule has 5 rings (SSSR count). The lowest BCUT2D eigenvalue weighted by Crippen LogP contribution is -2.23. The zero-order chi connectivity index (χ0) is 22.3. The van der Waals surface area contributed by atoms with Crippen LogP contribution in [-0.4, -0.2) is 45.1 Å². The van der Waals surface area contributed by atoms with Crippen molar-refractivity contribution in [3.8, 4) is 10.7 Å². The van der Waals surface area contributed by atoms with Crippen molar-refractivity contribution in [3.05, 3.63) is 52.9 Å². The zero-order valence-corrected chi connectivity index (χ0v) is 19.4. The summed E-state index contributed by atoms with van der Waals surface area (Å²) in [6.07, 6.45) is -0.960. The molecule has 1 aliphatic heterocycles. The van der Waals surface area contributed by atoms with Gasteiger partial charge in [-0.2, -0.15) is 13.2 Å². The van der Waals surface area contributed by atoms with Gasteiger partial charge in [-0.05, 0) is 72.8 Å². The Labute approximate surface area is 193 Å². The first-order valence-electron chi connectivity index (χ1n) is 10.8. The Morgan fingerprint density at radius 1 is 1.19 bits per heavy atom. The van der Waals surface area contributed by atoms with Gasteiger partial charge in [0, 0.05) is 19.3 Å². The van der Waals surface area contributed by atoms with Crippen molar-refractivity contribution in [2.45, 2.75) is 36.5 Å². The molecule has 2 atom stereocenters. The predicted molar refractivity (Wildman–Crippen MR) is 122 cm³/mol. The molecular formula is C23H25F3N4S2. The van der Waals surface area contributed by atoms with E-state index in [-0.39, 0.29) is 5.41 Å². The van der Waals surface area contributed by atoms with Crippen molar-refractivity contribution in [1.29, 1.82) is 0 Å². The lowest BCUT2D eigenvalue weighted by atomic mass is 9.97. The first-order chi connectivity index (χ1) is 15.4. The van der Waals surface area contributed by atoms with Gasteiger partial charge in [0.05, 0.1) is 10.4 Å². The summed E-state index contributed by atoms with van der Waals surface area (Å²) < 4.78 is 40.5. The van der Waals surface area contributed by atoms with E-state index in [0.29, 0.717) is 5.92 Å². The lowest BCUT2D eigenvalue weighted by molar-refractivity contribution is -0.137. The summed E-state index contributed by atoms with van der Waals surface area (Å²) in [6.45, 7) is 3.17. The summed E-state index contributed by atoms with van der Waals surface area (Å²) in [5.41, 5.74) is 0.762. The minimum atomic E-state index is -4.27. The molecule has 1 saturated carbocycles. The van der Waals surface area contributed by atoms with Gasteiger partial charge in [-0.3, -0.25) is 0 Å². The molecule has 32 heavy (non-hydrogen) atoms. The van der Waals surface area contributed by atoms with Crippen LogP contribution in [0.2, 0.25) is 0 Å². The number of thiophene rings is 1. The maximum absolute atomic E-state index is 12.8. The highest BCUT2D eigenvalue weighted by atomic mass is 32.2. The van der Waals surface area contributed by atoms with Crippen LogP contribution in [0, 0.1) is 5.41 Å². The highest BCUT2D eigenvalue weighted by Gasteiger charge is 2.57. The summed E-state index contributed by atoms with van der Waals surface area (Å²) in [5, 5.41) is 11.6. The molecule has 9 heteroatoms. The molecule has 0 radical (unpaired) electrons. The SMILES string of the molecule is Cn1c(SCCCN2CCC3(CC3c3ccc(C(F)(F)F)cc3)C2)nnc1-c1cccs1. The van der Waals surface area contributed by atoms with Crippen molar-refractivity contribution in [3.63, 3.8) is 0 Å². The van der Waals surface area contributed by atoms with E-state index in [1.807, 2.05) is 18.5 Å². The fraction of sp³-hybridized carbons (Fsp3) is 0.478. The second-order valence-corrected chi connectivity index (χ2v) is 10.8. The minimum absolute atomic E-state index is 0.270. The molecule has 1 aliphatic carbocycles. The van der Waals surface area contributed by atoms with Crippen LogP contribution in [-0.2, 0) is 13.2 Å². The predicted octanol–water partition coefficient (Wildman–Crippen LogP) is 5.92. The molecule has 170 valence electrons. The van der Waals surface area contributed by atoms with Crippen molar-refractivity contribution < 1.29 is 13.2 Å². The Morgan fingerprint density at radius 2 is 2.00 bits per heavy atom. The lowest BCUT2D eigenvalue weighted by Gasteiger charge is -2.16. The number of thioether (sulfide) groups is 1. The summed E-state index contributed by atoms with van der Waals surface area (Å²) in [5.74, 6) is 2.30. The molecule has 2 aromatic heterocycles. The summed E-state index contributed by atoms with van der Waals surface area (Å²) >= 11 is 3.41. The average Bonchev–Trinajstić information content (AvgIpc) is 3.16. The Hall–Kier alpha value is -1.84. The quantitative estimate of drug-likeness (QED) is 0.312. The molecule has 3 heterocycles. The third kappa shape index (κ3) is 4.34. The van der Waals surface area contributed by atoms with Crippen LogP contribution in [0.4, 0.5) is 13.2 Å². The summed E-state index contributed by atoms with van der Waals surface area (Å²) in [6, 6.07) is 9.87. The van der Waals surface area contributed by atoms with Crippen LogP contribution in [0.15, 0.2) is 46.9 Å². The molecular weight excluding hydrogens is 453 g/mol. The molecule has 1 aromatic carbocycles. The van der Waals surface area contributed by atoms with Crippen LogP contribution in [0.25, 0.3) is 10.7 Å². The normalized spacial score (nSPS) is 23.3. The number of hydrogen-bond acceptors (Lipinski definition) is 5. The Kier molecular flexibility index (Phi) is 5.84. The molecule has 1 saturated heterocycles. The largest absolute Gasteiger partial charge is 0.416 e. The third-order valence-electron chi connectivity index (χ3n) is 6.72. The Morgan fingerprint density at radius 3 is 2.72 bits per heavy atom. The van der Waals surface area contributed by atoms with E-state index < -0.39 is 11.7 Å². The number of benzene rings is 1. The van der Waals surface area contributed by atoms with Crippen LogP contribution < -0.4 is 0 Å². The van der Waals surface area contributed by atoms with Gasteiger partial charge in [-0.15, -0.1) is 21.5 Å². The molecule has 3 aromatic rings. The molecule has 1 spiro atoms. The van der Waals surface area contributed by atoms with Crippen molar-refractivity contribution in [2.24, 2.45) is 12.5 Å². The molecule has 2 aliphatic rings. The number of rotatable bonds is 7. The van der Waals surface area contributed by atoms with Crippen molar-refractivity contribution in [2.75, 3.05) is 25.4 Å². The topological polar surface area (TPSA) is 34.0 Å². The van der Waals surface area contributed by atoms with Crippen molar-refractivity contribution in [1.82, 2.24) is 19.7 Å². The number of alkyl halides is 3. The number of hydrogen-bond donors (Lipinski definition) is 0. The average molecular weight is 479 g/mol. The van der Waals surface area contributed by atoms with Crippen molar-refractivity contribution >= 4 is 23.1 Å². The highest BCUT2D eigenvalue weighted by Crippen LogP contribution is 2.64. The van der Waals surface area contributed by atoms with Gasteiger partial charge in [0.1, 0.15) is 0 Å². The van der Waals surface area contributed by atoms with Gasteiger partial charge in [-0.1, -0.05) is 30.0 Å². The van der Waals surface area contributed by atoms with Crippen LogP contribution in [0.3, 0.4) is 0 Å². The van der Waals surface area contributed by atoms with Gasteiger partial charge in [0.2, 0.25) is 0 Å². The second-order valence-electron chi connectivity index (χ2n) is 8.81. The fourth-order valence-corrected chi connectivity index (χ4v) is 6.44. The van der Waals surface area contributed by atoms with E-state index in [1.54, 1.807) is 35.2 Å². The molecule has 2 fully saturated rings. The van der Waals surface area contributed by atoms with E-state index in [4.69, 9.17) is 0 Å². The van der Waals surface area contributed by atoms with Crippen LogP contribution >= 0.6 is 23.1 Å². The molecule has 0 bridgehead atoms. The van der Waals surface area contributed by atoms with Gasteiger partial charge in [0.15, 0.2) is 11.0 Å². The van der Waals surface area contributed by atoms with E-state index in [0.717, 1.165) is 66.1 Å². The number of nitrogens with zero attached hydrogens (tertiary/aromatic N) is 4. The van der Waals surface area contributed by atoms with E-state index in [1.165, 1.54) is 12.1 Å². The Bertz CT molecular complexity index is 1060. The van der Waals surface area contributed by atoms with Crippen LogP contribution in [0.5, 0.6) is 0 Å². The van der Waals surface area contributed by atoms with Gasteiger partial charge in [0.25, 0.3) is 0 Å². The second kappa shape index (κ2) is 8.50. The number of likely N-dealkylation sites (tertiary alicyclic amines) is 1. The third-order valence-corrected chi connectivity index (χ3v) is 8.69. The smallest absolute Gasteiger partial charge is 0.305 e. The van der Waals surface area contributed by atoms with E-state index >= 15 is 0 Å². The molecule has 0 amide bonds. The van der Waals surface area contributed by atoms with Gasteiger partial charge in [-0.25, -0.2) is 0 Å². The standard InChI is InChI=1S/C23H25F3N4S2/c1-29-20(19-4-2-12-31-19)27-28-21(29)32-13-3-10-30-11-9-22(15-30)14-18(22)16-5-7-17(8-6-16)23(24,25)26/h2,4-8,12,18H,3,9-11,13-15H2,1H3. The molecule has 4 nitrogen and oxygen atoms in total. The summed E-state index contributed by atoms with van der Waals surface area (Å²) in [7, 11) is 2.01. The minimum Gasteiger partial charge on any atom is -0.305 e. The molecule has 0 N–H and O–H groups in total. The maximum Gasteiger partial charge on any atom is 0.416 e. The first kappa shape index (κ1) is 22.0. The monoisotopic (exact) mass is 478 g/mol. The summed E-state index contributed by atoms with van der Waals surface area (Å²) in [4.78, 5) is 3.64. The van der Waals surface area contributed by atoms with Gasteiger partial charge >= 0.3 is 6.18 Å². The number of aromatic nitrogens is 3. The first-order valence-corrected chi connectivity index (χ1v) is 12.7. The van der Waals surface area contributed by atoms with Gasteiger partial charge < -0.3 is 9.47 Å². The Balaban J connectivity index is 1.08.